The van der Waals surface area contributed by atoms with Crippen LogP contribution in [-0.2, 0) is 23.8 Å². The molecular formula is C37H40FN7O4. The molecule has 2 aromatic carbocycles. The summed E-state index contributed by atoms with van der Waals surface area (Å²) in [6, 6.07) is 14.3. The Kier molecular flexibility index (Phi) is 8.64. The van der Waals surface area contributed by atoms with E-state index in [0.717, 1.165) is 49.4 Å². The van der Waals surface area contributed by atoms with Gasteiger partial charge in [0.1, 0.15) is 17.3 Å². The average molecular weight is 666 g/mol. The van der Waals surface area contributed by atoms with Crippen LogP contribution in [0.4, 0.5) is 15.9 Å². The minimum atomic E-state index is -0.647. The van der Waals surface area contributed by atoms with E-state index in [9.17, 15) is 14.7 Å². The monoisotopic (exact) mass is 665 g/mol. The number of ether oxygens (including phenoxy) is 1. The molecule has 5 heterocycles. The minimum Gasteiger partial charge on any atom is -0.392 e. The molecule has 0 bridgehead atoms. The maximum atomic E-state index is 15.4. The van der Waals surface area contributed by atoms with E-state index in [1.165, 1.54) is 22.5 Å². The second kappa shape index (κ2) is 12.9. The van der Waals surface area contributed by atoms with Crippen LogP contribution in [-0.4, -0.2) is 66.9 Å². The van der Waals surface area contributed by atoms with Crippen LogP contribution in [0.5, 0.6) is 0 Å². The van der Waals surface area contributed by atoms with Crippen molar-refractivity contribution in [3.05, 3.63) is 104 Å². The van der Waals surface area contributed by atoms with Crippen LogP contribution >= 0.6 is 0 Å². The van der Waals surface area contributed by atoms with Crippen LogP contribution in [0, 0.1) is 5.82 Å². The molecule has 11 nitrogen and oxygen atoms in total. The van der Waals surface area contributed by atoms with Gasteiger partial charge < -0.3 is 15.2 Å². The summed E-state index contributed by atoms with van der Waals surface area (Å²) in [5.74, 6) is 0.319. The van der Waals surface area contributed by atoms with Gasteiger partial charge in [-0.15, -0.1) is 0 Å². The van der Waals surface area contributed by atoms with Crippen molar-refractivity contribution in [2.45, 2.75) is 57.6 Å². The summed E-state index contributed by atoms with van der Waals surface area (Å²) in [5, 5.41) is 22.9. The number of halogens is 1. The fourth-order valence-electron chi connectivity index (χ4n) is 6.74. The van der Waals surface area contributed by atoms with Gasteiger partial charge in [0.05, 0.1) is 48.8 Å². The molecule has 2 aliphatic heterocycles. The maximum absolute atomic E-state index is 15.4. The van der Waals surface area contributed by atoms with Crippen molar-refractivity contribution in [1.82, 2.24) is 29.4 Å². The molecule has 2 aliphatic rings. The molecule has 0 saturated carbocycles. The zero-order valence-electron chi connectivity index (χ0n) is 28.1. The average Bonchev–Trinajstić information content (AvgIpc) is 3.06. The summed E-state index contributed by atoms with van der Waals surface area (Å²) in [6.45, 7) is 9.21. The Labute approximate surface area is 283 Å². The number of hydrogen-bond donors (Lipinski definition) is 2. The first kappa shape index (κ1) is 32.8. The van der Waals surface area contributed by atoms with Crippen molar-refractivity contribution in [3.63, 3.8) is 0 Å². The quantitative estimate of drug-likeness (QED) is 0.252. The summed E-state index contributed by atoms with van der Waals surface area (Å²) < 4.78 is 23.0. The van der Waals surface area contributed by atoms with E-state index < -0.39 is 18.0 Å². The predicted octanol–water partition coefficient (Wildman–Crippen LogP) is 4.79. The minimum absolute atomic E-state index is 0.0863. The number of nitrogens with zero attached hydrogens (tertiary/aromatic N) is 6. The molecule has 2 saturated heterocycles. The third-order valence-electron chi connectivity index (χ3n) is 9.77. The zero-order valence-corrected chi connectivity index (χ0v) is 28.1. The second-order valence-electron chi connectivity index (χ2n) is 14.0. The Morgan fingerprint density at radius 1 is 1.02 bits per heavy atom. The van der Waals surface area contributed by atoms with Crippen molar-refractivity contribution in [1.29, 1.82) is 0 Å². The number of benzene rings is 2. The van der Waals surface area contributed by atoms with E-state index in [2.05, 4.69) is 31.5 Å². The zero-order chi connectivity index (χ0) is 34.4. The van der Waals surface area contributed by atoms with E-state index in [0.29, 0.717) is 40.0 Å². The van der Waals surface area contributed by atoms with Gasteiger partial charge in [-0.05, 0) is 78.7 Å². The van der Waals surface area contributed by atoms with Crippen LogP contribution in [0.1, 0.15) is 56.2 Å². The number of fused-ring (bicyclic) bond motifs is 1. The lowest BCUT2D eigenvalue weighted by Gasteiger charge is -2.41. The molecule has 2 N–H and O–H groups in total. The molecule has 0 atom stereocenters. The lowest BCUT2D eigenvalue weighted by molar-refractivity contribution is -0.0712. The third-order valence-corrected chi connectivity index (χ3v) is 9.77. The van der Waals surface area contributed by atoms with E-state index in [1.54, 1.807) is 37.4 Å². The van der Waals surface area contributed by atoms with Crippen molar-refractivity contribution in [3.8, 4) is 16.9 Å². The molecule has 3 aromatic heterocycles. The molecule has 0 unspecified atom stereocenters. The van der Waals surface area contributed by atoms with Crippen molar-refractivity contribution < 1.29 is 14.2 Å². The topological polar surface area (TPSA) is 127 Å². The van der Waals surface area contributed by atoms with Gasteiger partial charge >= 0.3 is 0 Å². The molecule has 12 heteroatoms. The SMILES string of the molecule is Cn1nc(-c2cccc(-n3ncc4cc(C(C)(C)C)cc(F)c4c3=O)c2CO)cc(Nc2ccc(C3CCN(C4COC4)CC3)cn2)c1=O. The summed E-state index contributed by atoms with van der Waals surface area (Å²) in [4.78, 5) is 34.0. The number of anilines is 2. The highest BCUT2D eigenvalue weighted by atomic mass is 19.1. The fourth-order valence-corrected chi connectivity index (χ4v) is 6.74. The Morgan fingerprint density at radius 2 is 1.80 bits per heavy atom. The number of aryl methyl sites for hydroxylation is 1. The lowest BCUT2D eigenvalue weighted by atomic mass is 9.86. The first-order valence-corrected chi connectivity index (χ1v) is 16.6. The van der Waals surface area contributed by atoms with Crippen LogP contribution < -0.4 is 16.4 Å². The Bertz CT molecular complexity index is 2140. The van der Waals surface area contributed by atoms with Crippen molar-refractivity contribution in [2.75, 3.05) is 31.6 Å². The first-order chi connectivity index (χ1) is 23.5. The first-order valence-electron chi connectivity index (χ1n) is 16.6. The van der Waals surface area contributed by atoms with Gasteiger partial charge in [0.15, 0.2) is 0 Å². The normalized spacial score (nSPS) is 16.2. The summed E-state index contributed by atoms with van der Waals surface area (Å²) >= 11 is 0. The lowest BCUT2D eigenvalue weighted by Crippen LogP contribution is -2.51. The van der Waals surface area contributed by atoms with Crippen molar-refractivity contribution >= 4 is 22.3 Å². The number of rotatable bonds is 7. The van der Waals surface area contributed by atoms with E-state index in [4.69, 9.17) is 4.74 Å². The highest BCUT2D eigenvalue weighted by Crippen LogP contribution is 2.32. The molecule has 5 aromatic rings. The van der Waals surface area contributed by atoms with Gasteiger partial charge in [0.25, 0.3) is 11.1 Å². The maximum Gasteiger partial charge on any atom is 0.290 e. The molecule has 0 amide bonds. The number of pyridine rings is 1. The number of aliphatic hydroxyl groups is 1. The molecule has 2 fully saturated rings. The number of nitrogens with one attached hydrogen (secondary N) is 1. The van der Waals surface area contributed by atoms with Gasteiger partial charge in [-0.1, -0.05) is 39.0 Å². The fraction of sp³-hybridized carbons (Fsp3) is 0.378. The number of likely N-dealkylation sites (tertiary alicyclic amines) is 1. The second-order valence-corrected chi connectivity index (χ2v) is 14.0. The summed E-state index contributed by atoms with van der Waals surface area (Å²) in [6.07, 6.45) is 5.47. The Hall–Kier alpha value is -4.78. The number of piperidine rings is 1. The van der Waals surface area contributed by atoms with Gasteiger partial charge in [0, 0.05) is 29.8 Å². The van der Waals surface area contributed by atoms with Gasteiger partial charge in [0.2, 0.25) is 0 Å². The van der Waals surface area contributed by atoms with Gasteiger partial charge in [-0.25, -0.2) is 14.1 Å². The largest absolute Gasteiger partial charge is 0.392 e. The van der Waals surface area contributed by atoms with E-state index >= 15 is 4.39 Å². The molecule has 0 spiro atoms. The molecule has 0 radical (unpaired) electrons. The van der Waals surface area contributed by atoms with Crippen LogP contribution in [0.15, 0.2) is 70.5 Å². The van der Waals surface area contributed by atoms with Crippen LogP contribution in [0.2, 0.25) is 0 Å². The van der Waals surface area contributed by atoms with E-state index in [-0.39, 0.29) is 27.7 Å². The Morgan fingerprint density at radius 3 is 2.45 bits per heavy atom. The van der Waals surface area contributed by atoms with Gasteiger partial charge in [-0.3, -0.25) is 14.5 Å². The smallest absolute Gasteiger partial charge is 0.290 e. The van der Waals surface area contributed by atoms with E-state index in [1.807, 2.05) is 33.0 Å². The Balaban J connectivity index is 1.18. The molecule has 7 rings (SSSR count). The molecule has 0 aliphatic carbocycles. The van der Waals surface area contributed by atoms with Crippen LogP contribution in [0.25, 0.3) is 27.7 Å². The number of aliphatic hydroxyl groups excluding tert-OH is 1. The predicted molar refractivity (Wildman–Crippen MR) is 186 cm³/mol. The highest BCUT2D eigenvalue weighted by Gasteiger charge is 2.30. The molecular weight excluding hydrogens is 625 g/mol. The molecule has 254 valence electrons. The number of aromatic nitrogens is 5. The summed E-state index contributed by atoms with van der Waals surface area (Å²) in [5.41, 5.74) is 2.34. The van der Waals surface area contributed by atoms with Gasteiger partial charge in [-0.2, -0.15) is 14.9 Å². The van der Waals surface area contributed by atoms with Crippen molar-refractivity contribution in [2.24, 2.45) is 7.05 Å². The highest BCUT2D eigenvalue weighted by molar-refractivity contribution is 5.83. The number of hydrogen-bond acceptors (Lipinski definition) is 9. The van der Waals surface area contributed by atoms with Crippen LogP contribution in [0.3, 0.4) is 0 Å². The summed E-state index contributed by atoms with van der Waals surface area (Å²) in [7, 11) is 1.54. The standard InChI is InChI=1S/C37H40FN7O4/c1-37(2,3)25-14-24-18-40-45(36(48)34(24)29(38)15-25)32-7-5-6-27(28(32)19-46)30-16-31(35(47)43(4)42-30)41-33-9-8-23(17-39-33)22-10-12-44(13-11-22)26-20-49-21-26/h5-9,14-18,22,26,46H,10-13,19-21H2,1-4H3,(H,39,41). The molecule has 49 heavy (non-hydrogen) atoms. The third kappa shape index (κ3) is 6.27.